The molecular formula is C24H32N2O2. The number of hydrogen-bond acceptors (Lipinski definition) is 2. The number of amides is 2. The number of carbonyl (C=O) groups is 2. The van der Waals surface area contributed by atoms with Gasteiger partial charge in [-0.1, -0.05) is 55.5 Å². The van der Waals surface area contributed by atoms with E-state index in [0.29, 0.717) is 19.4 Å². The van der Waals surface area contributed by atoms with Crippen LogP contribution < -0.4 is 5.32 Å². The van der Waals surface area contributed by atoms with Crippen LogP contribution in [0.25, 0.3) is 0 Å². The molecule has 4 heteroatoms. The molecule has 2 amide bonds. The van der Waals surface area contributed by atoms with Gasteiger partial charge in [-0.3, -0.25) is 9.59 Å². The second-order valence-electron chi connectivity index (χ2n) is 7.64. The lowest BCUT2D eigenvalue weighted by Crippen LogP contribution is -2.50. The van der Waals surface area contributed by atoms with E-state index in [4.69, 9.17) is 0 Å². The first-order valence-electron chi connectivity index (χ1n) is 10.0. The summed E-state index contributed by atoms with van der Waals surface area (Å²) in [6.07, 6.45) is 0.869. The Hall–Kier alpha value is -2.62. The van der Waals surface area contributed by atoms with Crippen LogP contribution in [0.5, 0.6) is 0 Å². The van der Waals surface area contributed by atoms with Crippen LogP contribution in [0.4, 0.5) is 0 Å². The van der Waals surface area contributed by atoms with E-state index in [-0.39, 0.29) is 17.9 Å². The zero-order chi connectivity index (χ0) is 20.7. The van der Waals surface area contributed by atoms with Crippen LogP contribution in [0.1, 0.15) is 49.4 Å². The molecule has 0 aliphatic carbocycles. The monoisotopic (exact) mass is 380 g/mol. The van der Waals surface area contributed by atoms with Gasteiger partial charge in [0, 0.05) is 12.6 Å². The Morgan fingerprint density at radius 1 is 0.929 bits per heavy atom. The Kier molecular flexibility index (Phi) is 7.80. The highest BCUT2D eigenvalue weighted by atomic mass is 16.2. The SMILES string of the molecule is CC[C@H](C(=O)NC(C)C)N(Cc1ccccc1C)C(=O)Cc1ccccc1C. The smallest absolute Gasteiger partial charge is 0.243 e. The number of carbonyl (C=O) groups excluding carboxylic acids is 2. The minimum atomic E-state index is -0.487. The first-order chi connectivity index (χ1) is 13.3. The molecule has 0 bridgehead atoms. The largest absolute Gasteiger partial charge is 0.352 e. The second-order valence-corrected chi connectivity index (χ2v) is 7.64. The molecular weight excluding hydrogens is 348 g/mol. The van der Waals surface area contributed by atoms with Gasteiger partial charge < -0.3 is 10.2 Å². The fourth-order valence-corrected chi connectivity index (χ4v) is 3.34. The van der Waals surface area contributed by atoms with Crippen LogP contribution >= 0.6 is 0 Å². The highest BCUT2D eigenvalue weighted by Crippen LogP contribution is 2.18. The first kappa shape index (κ1) is 21.7. The van der Waals surface area contributed by atoms with Crippen molar-refractivity contribution in [2.75, 3.05) is 0 Å². The summed E-state index contributed by atoms with van der Waals surface area (Å²) >= 11 is 0. The van der Waals surface area contributed by atoms with Crippen LogP contribution in [0.3, 0.4) is 0 Å². The van der Waals surface area contributed by atoms with Crippen molar-refractivity contribution < 1.29 is 9.59 Å². The van der Waals surface area contributed by atoms with Crippen molar-refractivity contribution in [2.45, 2.75) is 66.1 Å². The average molecular weight is 381 g/mol. The van der Waals surface area contributed by atoms with E-state index in [2.05, 4.69) is 5.32 Å². The van der Waals surface area contributed by atoms with Crippen LogP contribution in [0.2, 0.25) is 0 Å². The van der Waals surface area contributed by atoms with Crippen molar-refractivity contribution in [2.24, 2.45) is 0 Å². The normalized spacial score (nSPS) is 11.9. The van der Waals surface area contributed by atoms with Gasteiger partial charge in [-0.15, -0.1) is 0 Å². The molecule has 0 heterocycles. The Balaban J connectivity index is 2.33. The van der Waals surface area contributed by atoms with Gasteiger partial charge in [-0.2, -0.15) is 0 Å². The Morgan fingerprint density at radius 3 is 1.96 bits per heavy atom. The van der Waals surface area contributed by atoms with Gasteiger partial charge in [0.25, 0.3) is 0 Å². The molecule has 0 saturated carbocycles. The number of rotatable bonds is 8. The van der Waals surface area contributed by atoms with Crippen molar-refractivity contribution in [3.63, 3.8) is 0 Å². The molecule has 0 aromatic heterocycles. The molecule has 2 aromatic carbocycles. The molecule has 150 valence electrons. The lowest BCUT2D eigenvalue weighted by molar-refractivity contribution is -0.141. The molecule has 1 atom stereocenters. The molecule has 1 N–H and O–H groups in total. The van der Waals surface area contributed by atoms with E-state index in [1.54, 1.807) is 4.90 Å². The number of nitrogens with one attached hydrogen (secondary N) is 1. The molecule has 0 aliphatic heterocycles. The maximum atomic E-state index is 13.3. The summed E-state index contributed by atoms with van der Waals surface area (Å²) in [5, 5.41) is 2.97. The highest BCUT2D eigenvalue weighted by molar-refractivity contribution is 5.88. The van der Waals surface area contributed by atoms with E-state index in [1.165, 1.54) is 0 Å². The molecule has 0 aliphatic rings. The summed E-state index contributed by atoms with van der Waals surface area (Å²) in [4.78, 5) is 27.9. The quantitative estimate of drug-likeness (QED) is 0.747. The van der Waals surface area contributed by atoms with Crippen molar-refractivity contribution in [3.8, 4) is 0 Å². The zero-order valence-electron chi connectivity index (χ0n) is 17.7. The molecule has 0 unspecified atom stereocenters. The van der Waals surface area contributed by atoms with Crippen LogP contribution in [0, 0.1) is 13.8 Å². The highest BCUT2D eigenvalue weighted by Gasteiger charge is 2.29. The standard InChI is InChI=1S/C24H32N2O2/c1-6-22(24(28)25-17(2)3)26(16-21-14-10-8-12-19(21)5)23(27)15-20-13-9-7-11-18(20)4/h7-14,17,22H,6,15-16H2,1-5H3,(H,25,28)/t22-/m1/s1. The Morgan fingerprint density at radius 2 is 1.46 bits per heavy atom. The minimum absolute atomic E-state index is 0.0247. The predicted molar refractivity (Wildman–Crippen MR) is 114 cm³/mol. The van der Waals surface area contributed by atoms with Crippen LogP contribution in [-0.2, 0) is 22.6 Å². The Labute approximate surface area is 169 Å². The van der Waals surface area contributed by atoms with E-state index < -0.39 is 6.04 Å². The molecule has 28 heavy (non-hydrogen) atoms. The van der Waals surface area contributed by atoms with E-state index in [9.17, 15) is 9.59 Å². The zero-order valence-corrected chi connectivity index (χ0v) is 17.7. The number of hydrogen-bond donors (Lipinski definition) is 1. The molecule has 0 saturated heterocycles. The molecule has 4 nitrogen and oxygen atoms in total. The van der Waals surface area contributed by atoms with Crippen LogP contribution in [0.15, 0.2) is 48.5 Å². The molecule has 0 radical (unpaired) electrons. The lowest BCUT2D eigenvalue weighted by atomic mass is 10.0. The number of aryl methyl sites for hydroxylation is 2. The van der Waals surface area contributed by atoms with Crippen molar-refractivity contribution in [1.29, 1.82) is 0 Å². The predicted octanol–water partition coefficient (Wildman–Crippen LogP) is 4.18. The van der Waals surface area contributed by atoms with Gasteiger partial charge in [-0.25, -0.2) is 0 Å². The van der Waals surface area contributed by atoms with E-state index in [0.717, 1.165) is 22.3 Å². The van der Waals surface area contributed by atoms with Gasteiger partial charge >= 0.3 is 0 Å². The first-order valence-corrected chi connectivity index (χ1v) is 10.0. The molecule has 0 fully saturated rings. The minimum Gasteiger partial charge on any atom is -0.352 e. The third-order valence-electron chi connectivity index (χ3n) is 5.02. The maximum Gasteiger partial charge on any atom is 0.243 e. The van der Waals surface area contributed by atoms with Gasteiger partial charge in [0.1, 0.15) is 6.04 Å². The molecule has 2 rings (SSSR count). The van der Waals surface area contributed by atoms with Crippen molar-refractivity contribution in [3.05, 3.63) is 70.8 Å². The van der Waals surface area contributed by atoms with E-state index in [1.807, 2.05) is 83.1 Å². The lowest BCUT2D eigenvalue weighted by Gasteiger charge is -2.32. The third-order valence-corrected chi connectivity index (χ3v) is 5.02. The number of benzene rings is 2. The van der Waals surface area contributed by atoms with Gasteiger partial charge in [0.2, 0.25) is 11.8 Å². The summed E-state index contributed by atoms with van der Waals surface area (Å²) < 4.78 is 0. The van der Waals surface area contributed by atoms with Gasteiger partial charge in [0.05, 0.1) is 6.42 Å². The van der Waals surface area contributed by atoms with Crippen molar-refractivity contribution in [1.82, 2.24) is 10.2 Å². The topological polar surface area (TPSA) is 49.4 Å². The second kappa shape index (κ2) is 10.1. The summed E-state index contributed by atoms with van der Waals surface area (Å²) in [5.74, 6) is -0.118. The summed E-state index contributed by atoms with van der Waals surface area (Å²) in [6, 6.07) is 15.5. The summed E-state index contributed by atoms with van der Waals surface area (Å²) in [7, 11) is 0. The van der Waals surface area contributed by atoms with Gasteiger partial charge in [-0.05, 0) is 56.4 Å². The fourth-order valence-electron chi connectivity index (χ4n) is 3.34. The average Bonchev–Trinajstić information content (AvgIpc) is 2.64. The summed E-state index contributed by atoms with van der Waals surface area (Å²) in [5.41, 5.74) is 4.28. The summed E-state index contributed by atoms with van der Waals surface area (Å²) in [6.45, 7) is 10.3. The van der Waals surface area contributed by atoms with E-state index >= 15 is 0 Å². The van der Waals surface area contributed by atoms with Gasteiger partial charge in [0.15, 0.2) is 0 Å². The molecule has 2 aromatic rings. The number of nitrogens with zero attached hydrogens (tertiary/aromatic N) is 1. The van der Waals surface area contributed by atoms with Crippen LogP contribution in [-0.4, -0.2) is 28.8 Å². The fraction of sp³-hybridized carbons (Fsp3) is 0.417. The third kappa shape index (κ3) is 5.69. The maximum absolute atomic E-state index is 13.3. The molecule has 0 spiro atoms. The van der Waals surface area contributed by atoms with Crippen molar-refractivity contribution >= 4 is 11.8 Å². The Bertz CT molecular complexity index is 814.